The van der Waals surface area contributed by atoms with E-state index in [1.54, 1.807) is 43.1 Å². The van der Waals surface area contributed by atoms with Crippen molar-refractivity contribution in [2.24, 2.45) is 0 Å². The second-order valence-corrected chi connectivity index (χ2v) is 8.05. The number of rotatable bonds is 10. The van der Waals surface area contributed by atoms with Crippen molar-refractivity contribution in [2.75, 3.05) is 19.5 Å². The van der Waals surface area contributed by atoms with E-state index < -0.39 is 0 Å². The van der Waals surface area contributed by atoms with E-state index in [-0.39, 0.29) is 12.5 Å². The summed E-state index contributed by atoms with van der Waals surface area (Å²) < 4.78 is 12.9. The number of benzene rings is 3. The molecule has 3 aromatic carbocycles. The zero-order valence-electron chi connectivity index (χ0n) is 18.2. The lowest BCUT2D eigenvalue weighted by Gasteiger charge is -2.11. The molecule has 33 heavy (non-hydrogen) atoms. The van der Waals surface area contributed by atoms with E-state index in [0.29, 0.717) is 29.5 Å². The van der Waals surface area contributed by atoms with Gasteiger partial charge in [-0.25, -0.2) is 0 Å². The van der Waals surface area contributed by atoms with Crippen molar-refractivity contribution < 1.29 is 14.3 Å². The molecule has 0 unspecified atom stereocenters. The van der Waals surface area contributed by atoms with Gasteiger partial charge in [-0.3, -0.25) is 9.36 Å². The summed E-state index contributed by atoms with van der Waals surface area (Å²) in [5.74, 6) is 2.70. The van der Waals surface area contributed by atoms with Gasteiger partial charge in [-0.1, -0.05) is 48.2 Å². The lowest BCUT2D eigenvalue weighted by atomic mass is 10.2. The number of thioether (sulfide) groups is 1. The molecule has 0 bridgehead atoms. The largest absolute Gasteiger partial charge is 0.497 e. The fourth-order valence-corrected chi connectivity index (χ4v) is 3.95. The first-order valence-corrected chi connectivity index (χ1v) is 11.5. The van der Waals surface area contributed by atoms with Gasteiger partial charge in [0.15, 0.2) is 11.0 Å². The molecule has 0 spiro atoms. The SMILES string of the molecule is COc1ccc(C(=O)NCc2nnc(SCCOc3ccccc3)n2-c2ccccc2)cc1. The minimum Gasteiger partial charge on any atom is -0.497 e. The van der Waals surface area contributed by atoms with E-state index in [2.05, 4.69) is 15.5 Å². The summed E-state index contributed by atoms with van der Waals surface area (Å²) in [4.78, 5) is 12.6. The summed E-state index contributed by atoms with van der Waals surface area (Å²) in [7, 11) is 1.59. The first-order valence-electron chi connectivity index (χ1n) is 10.5. The summed E-state index contributed by atoms with van der Waals surface area (Å²) in [5.41, 5.74) is 1.48. The highest BCUT2D eigenvalue weighted by molar-refractivity contribution is 7.99. The lowest BCUT2D eigenvalue weighted by Crippen LogP contribution is -2.24. The topological polar surface area (TPSA) is 78.3 Å². The lowest BCUT2D eigenvalue weighted by molar-refractivity contribution is 0.0949. The van der Waals surface area contributed by atoms with Crippen LogP contribution in [0.1, 0.15) is 16.2 Å². The maximum Gasteiger partial charge on any atom is 0.251 e. The number of para-hydroxylation sites is 2. The van der Waals surface area contributed by atoms with Gasteiger partial charge in [0.05, 0.1) is 20.3 Å². The highest BCUT2D eigenvalue weighted by Crippen LogP contribution is 2.22. The molecule has 0 atom stereocenters. The molecule has 1 aromatic heterocycles. The molecule has 4 rings (SSSR count). The molecule has 168 valence electrons. The van der Waals surface area contributed by atoms with Crippen LogP contribution in [-0.4, -0.2) is 40.1 Å². The molecule has 4 aromatic rings. The van der Waals surface area contributed by atoms with Gasteiger partial charge in [-0.2, -0.15) is 0 Å². The van der Waals surface area contributed by atoms with Gasteiger partial charge in [0.25, 0.3) is 5.91 Å². The van der Waals surface area contributed by atoms with E-state index in [9.17, 15) is 4.79 Å². The van der Waals surface area contributed by atoms with E-state index in [4.69, 9.17) is 9.47 Å². The molecule has 0 saturated heterocycles. The Hall–Kier alpha value is -3.78. The van der Waals surface area contributed by atoms with Crippen molar-refractivity contribution in [3.8, 4) is 17.2 Å². The van der Waals surface area contributed by atoms with Crippen molar-refractivity contribution in [3.63, 3.8) is 0 Å². The maximum absolute atomic E-state index is 12.6. The molecule has 8 heteroatoms. The van der Waals surface area contributed by atoms with E-state index in [1.165, 1.54) is 0 Å². The van der Waals surface area contributed by atoms with Crippen LogP contribution in [0.2, 0.25) is 0 Å². The van der Waals surface area contributed by atoms with E-state index >= 15 is 0 Å². The summed E-state index contributed by atoms with van der Waals surface area (Å²) in [5, 5.41) is 12.4. The molecule has 0 saturated carbocycles. The Morgan fingerprint density at radius 3 is 2.30 bits per heavy atom. The fourth-order valence-electron chi connectivity index (χ4n) is 3.16. The standard InChI is InChI=1S/C25H24N4O3S/c1-31-21-14-12-19(13-15-21)24(30)26-18-23-27-28-25(29(23)20-8-4-2-5-9-20)33-17-16-32-22-10-6-3-7-11-22/h2-15H,16-18H2,1H3,(H,26,30). The Morgan fingerprint density at radius 1 is 0.909 bits per heavy atom. The number of nitrogens with one attached hydrogen (secondary N) is 1. The second-order valence-electron chi connectivity index (χ2n) is 6.99. The highest BCUT2D eigenvalue weighted by atomic mass is 32.2. The van der Waals surface area contributed by atoms with Gasteiger partial charge in [-0.15, -0.1) is 10.2 Å². The van der Waals surface area contributed by atoms with Crippen molar-refractivity contribution >= 4 is 17.7 Å². The Bertz CT molecular complexity index is 1170. The van der Waals surface area contributed by atoms with Crippen LogP contribution in [0.5, 0.6) is 11.5 Å². The number of carbonyl (C=O) groups is 1. The molecule has 0 radical (unpaired) electrons. The molecule has 1 N–H and O–H groups in total. The molecule has 1 amide bonds. The van der Waals surface area contributed by atoms with Gasteiger partial charge in [0, 0.05) is 17.0 Å². The van der Waals surface area contributed by atoms with Crippen molar-refractivity contribution in [3.05, 3.63) is 96.3 Å². The van der Waals surface area contributed by atoms with Crippen LogP contribution in [0.15, 0.2) is 90.1 Å². The normalized spacial score (nSPS) is 10.6. The molecule has 0 fully saturated rings. The first kappa shape index (κ1) is 22.4. The number of hydrogen-bond donors (Lipinski definition) is 1. The Morgan fingerprint density at radius 2 is 1.61 bits per heavy atom. The van der Waals surface area contributed by atoms with Crippen molar-refractivity contribution in [1.29, 1.82) is 0 Å². The van der Waals surface area contributed by atoms with Crippen LogP contribution in [0.4, 0.5) is 0 Å². The number of methoxy groups -OCH3 is 1. The smallest absolute Gasteiger partial charge is 0.251 e. The number of hydrogen-bond acceptors (Lipinski definition) is 6. The monoisotopic (exact) mass is 460 g/mol. The van der Waals surface area contributed by atoms with Crippen molar-refractivity contribution in [1.82, 2.24) is 20.1 Å². The predicted octanol–water partition coefficient (Wildman–Crippen LogP) is 4.38. The van der Waals surface area contributed by atoms with E-state index in [0.717, 1.165) is 16.6 Å². The van der Waals surface area contributed by atoms with Crippen LogP contribution in [0.3, 0.4) is 0 Å². The molecular formula is C25H24N4O3S. The minimum absolute atomic E-state index is 0.189. The van der Waals surface area contributed by atoms with Crippen LogP contribution < -0.4 is 14.8 Å². The highest BCUT2D eigenvalue weighted by Gasteiger charge is 2.16. The van der Waals surface area contributed by atoms with Crippen LogP contribution in [0, 0.1) is 0 Å². The van der Waals surface area contributed by atoms with Crippen LogP contribution in [0.25, 0.3) is 5.69 Å². The third kappa shape index (κ3) is 5.93. The summed E-state index contributed by atoms with van der Waals surface area (Å²) in [6, 6.07) is 26.5. The zero-order valence-corrected chi connectivity index (χ0v) is 19.0. The number of aromatic nitrogens is 3. The quantitative estimate of drug-likeness (QED) is 0.280. The number of nitrogens with zero attached hydrogens (tertiary/aromatic N) is 3. The molecule has 0 aliphatic carbocycles. The second kappa shape index (κ2) is 11.2. The Kier molecular flexibility index (Phi) is 7.60. The third-order valence-electron chi connectivity index (χ3n) is 4.80. The van der Waals surface area contributed by atoms with Gasteiger partial charge in [0.1, 0.15) is 11.5 Å². The van der Waals surface area contributed by atoms with Crippen LogP contribution >= 0.6 is 11.8 Å². The summed E-state index contributed by atoms with van der Waals surface area (Å²) in [6.45, 7) is 0.785. The number of carbonyl (C=O) groups excluding carboxylic acids is 1. The van der Waals surface area contributed by atoms with Gasteiger partial charge >= 0.3 is 0 Å². The third-order valence-corrected chi connectivity index (χ3v) is 5.69. The fraction of sp³-hybridized carbons (Fsp3) is 0.160. The van der Waals surface area contributed by atoms with Gasteiger partial charge in [-0.05, 0) is 48.5 Å². The predicted molar refractivity (Wildman–Crippen MR) is 128 cm³/mol. The van der Waals surface area contributed by atoms with E-state index in [1.807, 2.05) is 65.2 Å². The minimum atomic E-state index is -0.189. The average Bonchev–Trinajstić information content (AvgIpc) is 3.29. The average molecular weight is 461 g/mol. The Labute approximate surface area is 196 Å². The van der Waals surface area contributed by atoms with Gasteiger partial charge < -0.3 is 14.8 Å². The van der Waals surface area contributed by atoms with Crippen LogP contribution in [-0.2, 0) is 6.54 Å². The maximum atomic E-state index is 12.6. The molecular weight excluding hydrogens is 436 g/mol. The zero-order chi connectivity index (χ0) is 22.9. The number of ether oxygens (including phenoxy) is 2. The molecule has 0 aliphatic rings. The molecule has 7 nitrogen and oxygen atoms in total. The van der Waals surface area contributed by atoms with Crippen molar-refractivity contribution in [2.45, 2.75) is 11.7 Å². The first-order chi connectivity index (χ1) is 16.2. The summed E-state index contributed by atoms with van der Waals surface area (Å²) in [6.07, 6.45) is 0. The molecule has 0 aliphatic heterocycles. The van der Waals surface area contributed by atoms with Gasteiger partial charge in [0.2, 0.25) is 0 Å². The Balaban J connectivity index is 1.43. The molecule has 1 heterocycles. The number of amides is 1. The summed E-state index contributed by atoms with van der Waals surface area (Å²) >= 11 is 1.55.